The van der Waals surface area contributed by atoms with Crippen molar-refractivity contribution in [3.63, 3.8) is 0 Å². The maximum absolute atomic E-state index is 13.9. The fraction of sp³-hybridized carbons (Fsp3) is 0.250. The summed E-state index contributed by atoms with van der Waals surface area (Å²) >= 11 is 5.97. The summed E-state index contributed by atoms with van der Waals surface area (Å²) in [5.74, 6) is -1.17. The van der Waals surface area contributed by atoms with Gasteiger partial charge in [-0.1, -0.05) is 37.6 Å². The van der Waals surface area contributed by atoms with Crippen molar-refractivity contribution >= 4 is 11.6 Å². The number of benzene rings is 2. The van der Waals surface area contributed by atoms with Crippen LogP contribution in [0.15, 0.2) is 36.4 Å². The lowest BCUT2D eigenvalue weighted by molar-refractivity contribution is 0.582. The summed E-state index contributed by atoms with van der Waals surface area (Å²) in [6.07, 6.45) is 0. The van der Waals surface area contributed by atoms with E-state index in [9.17, 15) is 8.78 Å². The smallest absolute Gasteiger partial charge is 0.133 e. The van der Waals surface area contributed by atoms with E-state index in [1.807, 2.05) is 13.8 Å². The highest BCUT2D eigenvalue weighted by atomic mass is 35.5. The summed E-state index contributed by atoms with van der Waals surface area (Å²) in [5, 5.41) is 3.70. The fourth-order valence-corrected chi connectivity index (χ4v) is 2.18. The van der Waals surface area contributed by atoms with E-state index in [0.717, 1.165) is 5.56 Å². The maximum atomic E-state index is 13.9. The van der Waals surface area contributed by atoms with Crippen LogP contribution in [0, 0.1) is 11.6 Å². The Morgan fingerprint density at radius 3 is 2.35 bits per heavy atom. The van der Waals surface area contributed by atoms with Crippen molar-refractivity contribution in [3.8, 4) is 11.1 Å². The number of hydrogen-bond acceptors (Lipinski definition) is 1. The van der Waals surface area contributed by atoms with Crippen LogP contribution in [-0.4, -0.2) is 6.04 Å². The van der Waals surface area contributed by atoms with E-state index >= 15 is 0 Å². The Morgan fingerprint density at radius 1 is 1.10 bits per heavy atom. The molecule has 1 nitrogen and oxygen atoms in total. The number of nitrogens with one attached hydrogen (secondary N) is 1. The molecule has 0 unspecified atom stereocenters. The molecular formula is C16H16ClF2N. The van der Waals surface area contributed by atoms with Crippen LogP contribution in [0.25, 0.3) is 11.1 Å². The third kappa shape index (κ3) is 3.35. The molecule has 0 aliphatic rings. The minimum Gasteiger partial charge on any atom is -0.310 e. The molecule has 0 aliphatic carbocycles. The van der Waals surface area contributed by atoms with E-state index < -0.39 is 11.6 Å². The van der Waals surface area contributed by atoms with Gasteiger partial charge in [-0.25, -0.2) is 8.78 Å². The predicted molar refractivity (Wildman–Crippen MR) is 78.8 cm³/mol. The van der Waals surface area contributed by atoms with E-state index in [-0.39, 0.29) is 11.6 Å². The highest BCUT2D eigenvalue weighted by Gasteiger charge is 2.15. The van der Waals surface area contributed by atoms with Gasteiger partial charge < -0.3 is 5.32 Å². The van der Waals surface area contributed by atoms with E-state index in [2.05, 4.69) is 5.32 Å². The van der Waals surface area contributed by atoms with Gasteiger partial charge in [0.15, 0.2) is 0 Å². The normalized spacial score (nSPS) is 11.1. The van der Waals surface area contributed by atoms with Gasteiger partial charge in [0.25, 0.3) is 0 Å². The molecule has 0 bridgehead atoms. The van der Waals surface area contributed by atoms with Crippen LogP contribution < -0.4 is 5.32 Å². The molecular weight excluding hydrogens is 280 g/mol. The van der Waals surface area contributed by atoms with Gasteiger partial charge in [-0.3, -0.25) is 0 Å². The monoisotopic (exact) mass is 295 g/mol. The first kappa shape index (κ1) is 14.9. The average molecular weight is 296 g/mol. The largest absolute Gasteiger partial charge is 0.310 e. The van der Waals surface area contributed by atoms with Crippen molar-refractivity contribution in [3.05, 3.63) is 58.6 Å². The Bertz CT molecular complexity index is 591. The van der Waals surface area contributed by atoms with Gasteiger partial charge in [0.1, 0.15) is 11.6 Å². The lowest BCUT2D eigenvalue weighted by Crippen LogP contribution is -2.22. The zero-order chi connectivity index (χ0) is 14.7. The molecule has 0 radical (unpaired) electrons. The Hall–Kier alpha value is -1.45. The maximum Gasteiger partial charge on any atom is 0.133 e. The zero-order valence-electron chi connectivity index (χ0n) is 11.4. The molecule has 0 heterocycles. The van der Waals surface area contributed by atoms with Crippen molar-refractivity contribution < 1.29 is 8.78 Å². The van der Waals surface area contributed by atoms with Crippen LogP contribution >= 0.6 is 11.6 Å². The molecule has 106 valence electrons. The lowest BCUT2D eigenvalue weighted by Gasteiger charge is -2.14. The molecule has 0 saturated carbocycles. The molecule has 20 heavy (non-hydrogen) atoms. The van der Waals surface area contributed by atoms with E-state index in [0.29, 0.717) is 17.1 Å². The second-order valence-corrected chi connectivity index (χ2v) is 5.37. The van der Waals surface area contributed by atoms with Gasteiger partial charge in [-0.05, 0) is 35.4 Å². The summed E-state index contributed by atoms with van der Waals surface area (Å²) in [6.45, 7) is 4.55. The summed E-state index contributed by atoms with van der Waals surface area (Å²) < 4.78 is 27.9. The molecule has 2 aromatic carbocycles. The van der Waals surface area contributed by atoms with Gasteiger partial charge in [0, 0.05) is 17.6 Å². The predicted octanol–water partition coefficient (Wildman–Crippen LogP) is 4.78. The second-order valence-electron chi connectivity index (χ2n) is 4.93. The Kier molecular flexibility index (Phi) is 4.73. The van der Waals surface area contributed by atoms with Crippen molar-refractivity contribution in [1.82, 2.24) is 5.32 Å². The van der Waals surface area contributed by atoms with Gasteiger partial charge in [0.05, 0.1) is 5.56 Å². The van der Waals surface area contributed by atoms with Crippen molar-refractivity contribution in [2.45, 2.75) is 26.4 Å². The summed E-state index contributed by atoms with van der Waals surface area (Å²) in [5.41, 5.74) is 1.27. The number of halogens is 3. The molecule has 0 aliphatic heterocycles. The topological polar surface area (TPSA) is 12.0 Å². The van der Waals surface area contributed by atoms with Crippen molar-refractivity contribution in [1.29, 1.82) is 0 Å². The van der Waals surface area contributed by atoms with Crippen LogP contribution in [-0.2, 0) is 6.54 Å². The molecule has 1 N–H and O–H groups in total. The molecule has 0 atom stereocenters. The zero-order valence-corrected chi connectivity index (χ0v) is 12.1. The minimum absolute atomic E-state index is 0.0319. The SMILES string of the molecule is CC(C)NCc1ccc(Cl)cc1-c1c(F)cccc1F. The Labute approximate surface area is 122 Å². The highest BCUT2D eigenvalue weighted by Crippen LogP contribution is 2.31. The van der Waals surface area contributed by atoms with Crippen LogP contribution in [0.3, 0.4) is 0 Å². The third-order valence-electron chi connectivity index (χ3n) is 3.00. The standard InChI is InChI=1S/C16H16ClF2N/c1-10(2)20-9-11-6-7-12(17)8-13(11)16-14(18)4-3-5-15(16)19/h3-8,10,20H,9H2,1-2H3. The first-order chi connectivity index (χ1) is 9.49. The third-order valence-corrected chi connectivity index (χ3v) is 3.24. The molecule has 2 rings (SSSR count). The highest BCUT2D eigenvalue weighted by molar-refractivity contribution is 6.30. The first-order valence-electron chi connectivity index (χ1n) is 6.45. The molecule has 0 spiro atoms. The van der Waals surface area contributed by atoms with Crippen LogP contribution in [0.1, 0.15) is 19.4 Å². The van der Waals surface area contributed by atoms with Crippen molar-refractivity contribution in [2.75, 3.05) is 0 Å². The summed E-state index contributed by atoms with van der Waals surface area (Å²) in [4.78, 5) is 0. The minimum atomic E-state index is -0.585. The van der Waals surface area contributed by atoms with Gasteiger partial charge in [-0.2, -0.15) is 0 Å². The van der Waals surface area contributed by atoms with Gasteiger partial charge in [-0.15, -0.1) is 0 Å². The quantitative estimate of drug-likeness (QED) is 0.855. The summed E-state index contributed by atoms with van der Waals surface area (Å²) in [7, 11) is 0. The van der Waals surface area contributed by atoms with Gasteiger partial charge >= 0.3 is 0 Å². The molecule has 0 aromatic heterocycles. The fourth-order valence-electron chi connectivity index (χ4n) is 2.00. The molecule has 2 aromatic rings. The van der Waals surface area contributed by atoms with E-state index in [4.69, 9.17) is 11.6 Å². The van der Waals surface area contributed by atoms with Gasteiger partial charge in [0.2, 0.25) is 0 Å². The molecule has 0 amide bonds. The average Bonchev–Trinajstić information content (AvgIpc) is 2.37. The number of rotatable bonds is 4. The molecule has 4 heteroatoms. The lowest BCUT2D eigenvalue weighted by atomic mass is 9.98. The van der Waals surface area contributed by atoms with Crippen molar-refractivity contribution in [2.24, 2.45) is 0 Å². The van der Waals surface area contributed by atoms with E-state index in [1.54, 1.807) is 18.2 Å². The Balaban J connectivity index is 2.51. The molecule has 0 saturated heterocycles. The first-order valence-corrected chi connectivity index (χ1v) is 6.83. The Morgan fingerprint density at radius 2 is 1.75 bits per heavy atom. The summed E-state index contributed by atoms with van der Waals surface area (Å²) in [6, 6.07) is 9.24. The van der Waals surface area contributed by atoms with Crippen LogP contribution in [0.2, 0.25) is 5.02 Å². The second kappa shape index (κ2) is 6.33. The van der Waals surface area contributed by atoms with E-state index in [1.165, 1.54) is 18.2 Å². The number of hydrogen-bond donors (Lipinski definition) is 1. The molecule has 0 fully saturated rings. The van der Waals surface area contributed by atoms with Crippen LogP contribution in [0.4, 0.5) is 8.78 Å². The van der Waals surface area contributed by atoms with Crippen LogP contribution in [0.5, 0.6) is 0 Å².